The molecule has 3 saturated heterocycles. The molecule has 2 atom stereocenters. The van der Waals surface area contributed by atoms with Crippen LogP contribution in [0.15, 0.2) is 24.3 Å². The van der Waals surface area contributed by atoms with E-state index in [1.807, 2.05) is 24.3 Å². The summed E-state index contributed by atoms with van der Waals surface area (Å²) in [6.07, 6.45) is 4.55. The molecule has 1 aromatic rings. The molecule has 27 heavy (non-hydrogen) atoms. The third kappa shape index (κ3) is 4.26. The van der Waals surface area contributed by atoms with Crippen molar-refractivity contribution in [3.8, 4) is 5.75 Å². The van der Waals surface area contributed by atoms with Crippen molar-refractivity contribution in [3.05, 3.63) is 29.8 Å². The molecule has 3 aliphatic heterocycles. The van der Waals surface area contributed by atoms with Gasteiger partial charge in [0.05, 0.1) is 19.6 Å². The number of hydrogen-bond donors (Lipinski definition) is 1. The summed E-state index contributed by atoms with van der Waals surface area (Å²) in [4.78, 5) is 29.6. The quantitative estimate of drug-likeness (QED) is 0.792. The lowest BCUT2D eigenvalue weighted by atomic mass is 9.94. The zero-order valence-corrected chi connectivity index (χ0v) is 16.0. The fourth-order valence-electron chi connectivity index (χ4n) is 4.38. The Hall–Kier alpha value is -2.08. The summed E-state index contributed by atoms with van der Waals surface area (Å²) in [5, 5.41) is 3.00. The highest BCUT2D eigenvalue weighted by atomic mass is 16.5. The van der Waals surface area contributed by atoms with Gasteiger partial charge in [0.1, 0.15) is 5.75 Å². The van der Waals surface area contributed by atoms with E-state index in [-0.39, 0.29) is 17.9 Å². The number of rotatable bonds is 7. The molecular formula is C21H29N3O3. The first-order valence-corrected chi connectivity index (χ1v) is 10.1. The van der Waals surface area contributed by atoms with Gasteiger partial charge in [-0.05, 0) is 37.7 Å². The van der Waals surface area contributed by atoms with E-state index < -0.39 is 0 Å². The van der Waals surface area contributed by atoms with E-state index in [2.05, 4.69) is 15.1 Å². The number of amides is 2. The topological polar surface area (TPSA) is 61.9 Å². The minimum absolute atomic E-state index is 0.00315. The minimum Gasteiger partial charge on any atom is -0.496 e. The summed E-state index contributed by atoms with van der Waals surface area (Å²) in [6, 6.07) is 7.99. The molecule has 0 unspecified atom stereocenters. The van der Waals surface area contributed by atoms with Crippen LogP contribution in [-0.2, 0) is 16.1 Å². The lowest BCUT2D eigenvalue weighted by molar-refractivity contribution is -0.140. The standard InChI is InChI=1S/C21H29N3O3/c1-27-19-5-3-2-4-16(19)10-22-20(25)14-23-12-17-8-9-18(13-23)24(21(17)26)11-15-6-7-15/h2-5,15,17-18H,6-14H2,1H3,(H,22,25)/t17-,18+/m1/s1. The second kappa shape index (κ2) is 7.89. The fourth-order valence-corrected chi connectivity index (χ4v) is 4.38. The monoisotopic (exact) mass is 371 g/mol. The molecule has 1 aliphatic carbocycles. The average Bonchev–Trinajstić information content (AvgIpc) is 3.51. The van der Waals surface area contributed by atoms with Crippen molar-refractivity contribution < 1.29 is 14.3 Å². The van der Waals surface area contributed by atoms with Gasteiger partial charge >= 0.3 is 0 Å². The Labute approximate surface area is 160 Å². The molecule has 1 N–H and O–H groups in total. The molecule has 0 radical (unpaired) electrons. The highest BCUT2D eigenvalue weighted by molar-refractivity contribution is 5.81. The van der Waals surface area contributed by atoms with Crippen molar-refractivity contribution >= 4 is 11.8 Å². The molecule has 2 amide bonds. The van der Waals surface area contributed by atoms with Gasteiger partial charge in [0.2, 0.25) is 11.8 Å². The molecule has 0 spiro atoms. The molecule has 0 aromatic heterocycles. The molecule has 1 aromatic carbocycles. The van der Waals surface area contributed by atoms with Gasteiger partial charge in [-0.2, -0.15) is 0 Å². The van der Waals surface area contributed by atoms with E-state index in [1.54, 1.807) is 7.11 Å². The number of carbonyl (C=O) groups is 2. The number of benzene rings is 1. The Morgan fingerprint density at radius 1 is 1.19 bits per heavy atom. The van der Waals surface area contributed by atoms with E-state index in [1.165, 1.54) is 12.8 Å². The molecule has 4 aliphatic rings. The Morgan fingerprint density at radius 2 is 2.00 bits per heavy atom. The first-order valence-electron chi connectivity index (χ1n) is 10.1. The van der Waals surface area contributed by atoms with E-state index >= 15 is 0 Å². The summed E-state index contributed by atoms with van der Waals surface area (Å²) in [7, 11) is 1.64. The number of fused-ring (bicyclic) bond motifs is 4. The lowest BCUT2D eigenvalue weighted by Gasteiger charge is -2.36. The zero-order valence-electron chi connectivity index (χ0n) is 16.0. The molecule has 6 heteroatoms. The number of para-hydroxylation sites is 1. The normalized spacial score (nSPS) is 25.4. The van der Waals surface area contributed by atoms with Gasteiger partial charge in [-0.1, -0.05) is 18.2 Å². The second-order valence-corrected chi connectivity index (χ2v) is 8.14. The minimum atomic E-state index is 0.00315. The number of methoxy groups -OCH3 is 1. The molecule has 3 heterocycles. The maximum absolute atomic E-state index is 12.8. The Bertz CT molecular complexity index is 704. The first kappa shape index (κ1) is 18.3. The van der Waals surface area contributed by atoms with Gasteiger partial charge in [-0.25, -0.2) is 0 Å². The van der Waals surface area contributed by atoms with Gasteiger partial charge in [-0.15, -0.1) is 0 Å². The molecule has 4 fully saturated rings. The van der Waals surface area contributed by atoms with E-state index in [0.29, 0.717) is 31.5 Å². The summed E-state index contributed by atoms with van der Waals surface area (Å²) in [5.74, 6) is 1.88. The fraction of sp³-hybridized carbons (Fsp3) is 0.619. The number of nitrogens with one attached hydrogen (secondary N) is 1. The maximum Gasteiger partial charge on any atom is 0.234 e. The van der Waals surface area contributed by atoms with Crippen molar-refractivity contribution in [1.82, 2.24) is 15.1 Å². The van der Waals surface area contributed by atoms with Crippen LogP contribution < -0.4 is 10.1 Å². The molecular weight excluding hydrogens is 342 g/mol. The molecule has 1 saturated carbocycles. The first-order chi connectivity index (χ1) is 13.1. The van der Waals surface area contributed by atoms with Gasteiger partial charge in [0.25, 0.3) is 0 Å². The number of nitrogens with zero attached hydrogens (tertiary/aromatic N) is 2. The smallest absolute Gasteiger partial charge is 0.234 e. The molecule has 2 bridgehead atoms. The summed E-state index contributed by atoms with van der Waals surface area (Å²) in [6.45, 7) is 3.26. The Balaban J connectivity index is 1.32. The number of ether oxygens (including phenoxy) is 1. The van der Waals surface area contributed by atoms with Crippen molar-refractivity contribution in [3.63, 3.8) is 0 Å². The van der Waals surface area contributed by atoms with Crippen molar-refractivity contribution in [1.29, 1.82) is 0 Å². The predicted molar refractivity (Wildman–Crippen MR) is 102 cm³/mol. The highest BCUT2D eigenvalue weighted by Crippen LogP contribution is 2.35. The number of hydrogen-bond acceptors (Lipinski definition) is 4. The summed E-state index contributed by atoms with van der Waals surface area (Å²) >= 11 is 0. The Morgan fingerprint density at radius 3 is 2.78 bits per heavy atom. The van der Waals surface area contributed by atoms with Crippen molar-refractivity contribution in [2.24, 2.45) is 11.8 Å². The maximum atomic E-state index is 12.8. The van der Waals surface area contributed by atoms with Crippen LogP contribution >= 0.6 is 0 Å². The van der Waals surface area contributed by atoms with Crippen LogP contribution in [0.25, 0.3) is 0 Å². The van der Waals surface area contributed by atoms with Gasteiger partial charge in [-0.3, -0.25) is 14.5 Å². The second-order valence-electron chi connectivity index (χ2n) is 8.14. The third-order valence-electron chi connectivity index (χ3n) is 6.06. The van der Waals surface area contributed by atoms with Crippen LogP contribution in [0.4, 0.5) is 0 Å². The zero-order chi connectivity index (χ0) is 18.8. The lowest BCUT2D eigenvalue weighted by Crippen LogP contribution is -2.48. The predicted octanol–water partition coefficient (Wildman–Crippen LogP) is 1.64. The van der Waals surface area contributed by atoms with Gasteiger partial charge < -0.3 is 15.0 Å². The van der Waals surface area contributed by atoms with E-state index in [9.17, 15) is 9.59 Å². The molecule has 6 nitrogen and oxygen atoms in total. The molecule has 5 rings (SSSR count). The highest BCUT2D eigenvalue weighted by Gasteiger charge is 2.42. The van der Waals surface area contributed by atoms with Crippen molar-refractivity contribution in [2.45, 2.75) is 38.3 Å². The summed E-state index contributed by atoms with van der Waals surface area (Å²) < 4.78 is 5.34. The third-order valence-corrected chi connectivity index (χ3v) is 6.06. The van der Waals surface area contributed by atoms with Crippen LogP contribution in [0.5, 0.6) is 5.75 Å². The Kier molecular flexibility index (Phi) is 5.34. The van der Waals surface area contributed by atoms with Crippen LogP contribution in [-0.4, -0.2) is 60.9 Å². The average molecular weight is 371 g/mol. The van der Waals surface area contributed by atoms with Gasteiger partial charge in [0.15, 0.2) is 0 Å². The SMILES string of the molecule is COc1ccccc1CNC(=O)CN1C[C@H]2CC[C@@H](C1)N(CC1CC1)C2=O. The summed E-state index contributed by atoms with van der Waals surface area (Å²) in [5.41, 5.74) is 0.968. The van der Waals surface area contributed by atoms with Crippen LogP contribution in [0.3, 0.4) is 0 Å². The van der Waals surface area contributed by atoms with Crippen LogP contribution in [0.1, 0.15) is 31.2 Å². The van der Waals surface area contributed by atoms with Gasteiger partial charge in [0, 0.05) is 37.8 Å². The number of piperidine rings is 1. The molecule has 146 valence electrons. The number of carbonyl (C=O) groups excluding carboxylic acids is 2. The van der Waals surface area contributed by atoms with Crippen LogP contribution in [0.2, 0.25) is 0 Å². The van der Waals surface area contributed by atoms with Crippen molar-refractivity contribution in [2.75, 3.05) is 33.3 Å². The van der Waals surface area contributed by atoms with E-state index in [0.717, 1.165) is 37.2 Å². The van der Waals surface area contributed by atoms with E-state index in [4.69, 9.17) is 4.74 Å². The van der Waals surface area contributed by atoms with Crippen LogP contribution in [0, 0.1) is 11.8 Å². The largest absolute Gasteiger partial charge is 0.496 e.